The minimum absolute atomic E-state index is 0.540. The van der Waals surface area contributed by atoms with Gasteiger partial charge in [0.15, 0.2) is 0 Å². The summed E-state index contributed by atoms with van der Waals surface area (Å²) < 4.78 is 0. The molecule has 102 valence electrons. The van der Waals surface area contributed by atoms with Crippen molar-refractivity contribution in [2.75, 3.05) is 0 Å². The summed E-state index contributed by atoms with van der Waals surface area (Å²) in [7, 11) is 0. The van der Waals surface area contributed by atoms with Crippen molar-refractivity contribution in [1.82, 2.24) is 9.97 Å². The quantitative estimate of drug-likeness (QED) is 0.710. The maximum absolute atomic E-state index is 9.43. The summed E-state index contributed by atoms with van der Waals surface area (Å²) in [5.41, 5.74) is 5.75. The van der Waals surface area contributed by atoms with Crippen molar-refractivity contribution in [2.45, 2.75) is 13.8 Å². The standard InChI is InChI=1S/C18H15N3/c1-12-7-8-14(13(2)9-12)10-15(11-19)18-20-16-5-3-4-6-17(16)21-18/h3-10H,1-2H3,(H,20,21)/b15-10+. The maximum atomic E-state index is 9.43. The molecule has 0 aliphatic heterocycles. The minimum Gasteiger partial charge on any atom is -0.337 e. The highest BCUT2D eigenvalue weighted by molar-refractivity contribution is 5.90. The third kappa shape index (κ3) is 2.56. The van der Waals surface area contributed by atoms with Gasteiger partial charge in [-0.3, -0.25) is 0 Å². The second-order valence-corrected chi connectivity index (χ2v) is 5.13. The highest BCUT2D eigenvalue weighted by Gasteiger charge is 2.08. The van der Waals surface area contributed by atoms with Crippen molar-refractivity contribution in [3.63, 3.8) is 0 Å². The molecule has 1 aromatic heterocycles. The Balaban J connectivity index is 2.09. The molecule has 1 N–H and O–H groups in total. The van der Waals surface area contributed by atoms with E-state index in [0.717, 1.165) is 22.2 Å². The van der Waals surface area contributed by atoms with Gasteiger partial charge < -0.3 is 4.98 Å². The molecule has 3 aromatic rings. The number of benzene rings is 2. The Hall–Kier alpha value is -2.86. The second-order valence-electron chi connectivity index (χ2n) is 5.13. The Morgan fingerprint density at radius 3 is 2.71 bits per heavy atom. The molecule has 0 fully saturated rings. The molecule has 21 heavy (non-hydrogen) atoms. The number of H-pyrrole nitrogens is 1. The van der Waals surface area contributed by atoms with Crippen molar-refractivity contribution in [2.24, 2.45) is 0 Å². The average molecular weight is 273 g/mol. The van der Waals surface area contributed by atoms with Crippen molar-refractivity contribution in [3.8, 4) is 6.07 Å². The predicted octanol–water partition coefficient (Wildman–Crippen LogP) is 4.24. The zero-order chi connectivity index (χ0) is 14.8. The largest absolute Gasteiger partial charge is 0.337 e. The van der Waals surface area contributed by atoms with Gasteiger partial charge in [0.05, 0.1) is 16.6 Å². The molecular formula is C18H15N3. The highest BCUT2D eigenvalue weighted by atomic mass is 14.9. The van der Waals surface area contributed by atoms with Gasteiger partial charge in [0, 0.05) is 0 Å². The molecule has 3 rings (SSSR count). The van der Waals surface area contributed by atoms with Crippen molar-refractivity contribution < 1.29 is 0 Å². The number of aromatic nitrogens is 2. The van der Waals surface area contributed by atoms with Gasteiger partial charge in [-0.15, -0.1) is 0 Å². The van der Waals surface area contributed by atoms with Gasteiger partial charge in [0.25, 0.3) is 0 Å². The molecule has 0 amide bonds. The fourth-order valence-electron chi connectivity index (χ4n) is 2.38. The molecule has 1 heterocycles. The van der Waals surface area contributed by atoms with Crippen LogP contribution in [0.2, 0.25) is 0 Å². The number of imidazole rings is 1. The van der Waals surface area contributed by atoms with Gasteiger partial charge in [-0.1, -0.05) is 35.9 Å². The summed E-state index contributed by atoms with van der Waals surface area (Å²) in [5.74, 6) is 0.610. The van der Waals surface area contributed by atoms with Gasteiger partial charge in [-0.2, -0.15) is 5.26 Å². The summed E-state index contributed by atoms with van der Waals surface area (Å²) in [4.78, 5) is 7.68. The first-order valence-corrected chi connectivity index (χ1v) is 6.81. The summed E-state index contributed by atoms with van der Waals surface area (Å²) in [6.45, 7) is 4.11. The van der Waals surface area contributed by atoms with E-state index in [-0.39, 0.29) is 0 Å². The molecule has 0 spiro atoms. The molecule has 0 unspecified atom stereocenters. The number of aromatic amines is 1. The number of fused-ring (bicyclic) bond motifs is 1. The monoisotopic (exact) mass is 273 g/mol. The average Bonchev–Trinajstić information content (AvgIpc) is 2.90. The number of allylic oxidation sites excluding steroid dienone is 1. The van der Waals surface area contributed by atoms with Crippen LogP contribution in [0.15, 0.2) is 42.5 Å². The summed E-state index contributed by atoms with van der Waals surface area (Å²) >= 11 is 0. The fourth-order valence-corrected chi connectivity index (χ4v) is 2.38. The lowest BCUT2D eigenvalue weighted by atomic mass is 10.0. The molecule has 3 nitrogen and oxygen atoms in total. The second kappa shape index (κ2) is 5.26. The van der Waals surface area contributed by atoms with Crippen LogP contribution in [0.4, 0.5) is 0 Å². The number of rotatable bonds is 2. The number of para-hydroxylation sites is 2. The molecular weight excluding hydrogens is 258 g/mol. The number of nitriles is 1. The zero-order valence-corrected chi connectivity index (χ0v) is 12.0. The van der Waals surface area contributed by atoms with Crippen molar-refractivity contribution in [3.05, 3.63) is 65.0 Å². The van der Waals surface area contributed by atoms with Gasteiger partial charge in [0.1, 0.15) is 11.9 Å². The number of nitrogens with zero attached hydrogens (tertiary/aromatic N) is 2. The van der Waals surface area contributed by atoms with Crippen LogP contribution in [-0.2, 0) is 0 Å². The molecule has 3 heteroatoms. The van der Waals surface area contributed by atoms with E-state index in [1.807, 2.05) is 49.4 Å². The predicted molar refractivity (Wildman–Crippen MR) is 85.5 cm³/mol. The lowest BCUT2D eigenvalue weighted by Gasteiger charge is -2.02. The van der Waals surface area contributed by atoms with E-state index in [0.29, 0.717) is 11.4 Å². The van der Waals surface area contributed by atoms with E-state index in [2.05, 4.69) is 29.0 Å². The molecule has 0 bridgehead atoms. The molecule has 0 saturated heterocycles. The van der Waals surface area contributed by atoms with E-state index in [1.54, 1.807) is 0 Å². The first kappa shape index (κ1) is 13.1. The Morgan fingerprint density at radius 1 is 1.19 bits per heavy atom. The molecule has 2 aromatic carbocycles. The molecule has 0 atom stereocenters. The smallest absolute Gasteiger partial charge is 0.149 e. The highest BCUT2D eigenvalue weighted by Crippen LogP contribution is 2.21. The van der Waals surface area contributed by atoms with E-state index in [9.17, 15) is 5.26 Å². The SMILES string of the molecule is Cc1ccc(/C=C(\C#N)c2nc3ccccc3[nH]2)c(C)c1. The van der Waals surface area contributed by atoms with E-state index in [4.69, 9.17) is 0 Å². The summed E-state index contributed by atoms with van der Waals surface area (Å²) in [6.07, 6.45) is 1.88. The summed E-state index contributed by atoms with van der Waals surface area (Å²) in [5, 5.41) is 9.43. The van der Waals surface area contributed by atoms with Crippen LogP contribution >= 0.6 is 0 Å². The van der Waals surface area contributed by atoms with Gasteiger partial charge in [0.2, 0.25) is 0 Å². The van der Waals surface area contributed by atoms with E-state index in [1.165, 1.54) is 5.56 Å². The van der Waals surface area contributed by atoms with E-state index >= 15 is 0 Å². The lowest BCUT2D eigenvalue weighted by Crippen LogP contribution is -1.87. The van der Waals surface area contributed by atoms with Crippen molar-refractivity contribution >= 4 is 22.7 Å². The third-order valence-electron chi connectivity index (χ3n) is 3.49. The van der Waals surface area contributed by atoms with Gasteiger partial charge in [-0.25, -0.2) is 4.98 Å². The number of hydrogen-bond acceptors (Lipinski definition) is 2. The van der Waals surface area contributed by atoms with E-state index < -0.39 is 0 Å². The molecule has 0 saturated carbocycles. The van der Waals surface area contributed by atoms with Crippen LogP contribution in [0.5, 0.6) is 0 Å². The normalized spacial score (nSPS) is 11.6. The van der Waals surface area contributed by atoms with Crippen molar-refractivity contribution in [1.29, 1.82) is 5.26 Å². The topological polar surface area (TPSA) is 52.5 Å². The van der Waals surface area contributed by atoms with Gasteiger partial charge >= 0.3 is 0 Å². The lowest BCUT2D eigenvalue weighted by molar-refractivity contribution is 1.27. The minimum atomic E-state index is 0.540. The van der Waals surface area contributed by atoms with Crippen LogP contribution < -0.4 is 0 Å². The zero-order valence-electron chi connectivity index (χ0n) is 12.0. The first-order valence-electron chi connectivity index (χ1n) is 6.81. The molecule has 0 radical (unpaired) electrons. The Labute approximate surface area is 123 Å². The number of nitrogens with one attached hydrogen (secondary N) is 1. The molecule has 0 aliphatic rings. The van der Waals surface area contributed by atoms with Crippen LogP contribution in [0.1, 0.15) is 22.5 Å². The van der Waals surface area contributed by atoms with Crippen LogP contribution in [0, 0.1) is 25.2 Å². The number of hydrogen-bond donors (Lipinski definition) is 1. The first-order chi connectivity index (χ1) is 10.2. The van der Waals surface area contributed by atoms with Gasteiger partial charge in [-0.05, 0) is 43.2 Å². The van der Waals surface area contributed by atoms with Crippen LogP contribution in [0.25, 0.3) is 22.7 Å². The number of aryl methyl sites for hydroxylation is 2. The summed E-state index contributed by atoms with van der Waals surface area (Å²) in [6, 6.07) is 16.2. The fraction of sp³-hybridized carbons (Fsp3) is 0.111. The Morgan fingerprint density at radius 2 is 2.00 bits per heavy atom. The van der Waals surface area contributed by atoms with Crippen LogP contribution in [0.3, 0.4) is 0 Å². The van der Waals surface area contributed by atoms with Crippen LogP contribution in [-0.4, -0.2) is 9.97 Å². The maximum Gasteiger partial charge on any atom is 0.149 e. The molecule has 0 aliphatic carbocycles. The third-order valence-corrected chi connectivity index (χ3v) is 3.49. The Kier molecular flexibility index (Phi) is 3.29. The Bertz CT molecular complexity index is 846.